The van der Waals surface area contributed by atoms with Gasteiger partial charge in [0.1, 0.15) is 0 Å². The van der Waals surface area contributed by atoms with Crippen LogP contribution in [-0.2, 0) is 21.2 Å². The number of aryl methyl sites for hydroxylation is 2. The summed E-state index contributed by atoms with van der Waals surface area (Å²) >= 11 is 0. The first-order valence-corrected chi connectivity index (χ1v) is 10.7. The molecule has 1 fully saturated rings. The zero-order valence-corrected chi connectivity index (χ0v) is 17.2. The Kier molecular flexibility index (Phi) is 5.99. The maximum Gasteiger partial charge on any atom is 0.273 e. The number of nitrogens with zero attached hydrogens (tertiary/aromatic N) is 3. The molecule has 3 rings (SSSR count). The third-order valence-corrected chi connectivity index (χ3v) is 7.13. The minimum atomic E-state index is -3.63. The number of sulfonamides is 1. The van der Waals surface area contributed by atoms with E-state index in [2.05, 4.69) is 0 Å². The van der Waals surface area contributed by atoms with Crippen molar-refractivity contribution in [3.8, 4) is 0 Å². The lowest BCUT2D eigenvalue weighted by molar-refractivity contribution is -0.385. The van der Waals surface area contributed by atoms with Crippen molar-refractivity contribution in [3.05, 3.63) is 69.3 Å². The summed E-state index contributed by atoms with van der Waals surface area (Å²) < 4.78 is 27.3. The minimum Gasteiger partial charge on any atom is -0.340 e. The Bertz CT molecular complexity index is 1040. The van der Waals surface area contributed by atoms with Gasteiger partial charge in [0, 0.05) is 37.8 Å². The molecule has 0 atom stereocenters. The van der Waals surface area contributed by atoms with Gasteiger partial charge >= 0.3 is 0 Å². The van der Waals surface area contributed by atoms with Crippen LogP contribution < -0.4 is 0 Å². The summed E-state index contributed by atoms with van der Waals surface area (Å²) in [5.41, 5.74) is 1.96. The van der Waals surface area contributed by atoms with Crippen molar-refractivity contribution in [3.63, 3.8) is 0 Å². The number of piperazine rings is 1. The smallest absolute Gasteiger partial charge is 0.273 e. The number of hydrogen-bond acceptors (Lipinski definition) is 5. The van der Waals surface area contributed by atoms with Crippen LogP contribution in [0.5, 0.6) is 0 Å². The molecule has 0 unspecified atom stereocenters. The number of nitro benzene ring substituents is 1. The number of hydrogen-bond donors (Lipinski definition) is 0. The van der Waals surface area contributed by atoms with E-state index in [1.807, 2.05) is 13.0 Å². The molecule has 0 aromatic heterocycles. The molecule has 0 radical (unpaired) electrons. The SMILES string of the molecule is Cc1ccc(S(=O)(=O)N2CCN(C(=O)Cc3ccccc3[N+](=O)[O-])CC2)c(C)c1. The van der Waals surface area contributed by atoms with Gasteiger partial charge in [-0.05, 0) is 25.5 Å². The lowest BCUT2D eigenvalue weighted by atomic mass is 10.1. The normalized spacial score (nSPS) is 15.3. The Morgan fingerprint density at radius 2 is 1.72 bits per heavy atom. The maximum absolute atomic E-state index is 13.0. The van der Waals surface area contributed by atoms with E-state index in [9.17, 15) is 23.3 Å². The molecule has 0 saturated carbocycles. The number of carbonyl (C=O) groups excluding carboxylic acids is 1. The highest BCUT2D eigenvalue weighted by Crippen LogP contribution is 2.23. The number of nitro groups is 1. The van der Waals surface area contributed by atoms with Crippen molar-refractivity contribution in [1.29, 1.82) is 0 Å². The molecule has 1 heterocycles. The molecule has 1 amide bonds. The van der Waals surface area contributed by atoms with Gasteiger partial charge in [0.05, 0.1) is 16.2 Å². The largest absolute Gasteiger partial charge is 0.340 e. The van der Waals surface area contributed by atoms with Gasteiger partial charge in [-0.1, -0.05) is 35.9 Å². The van der Waals surface area contributed by atoms with Crippen LogP contribution in [0.25, 0.3) is 0 Å². The number of para-hydroxylation sites is 1. The summed E-state index contributed by atoms with van der Waals surface area (Å²) in [7, 11) is -3.63. The third-order valence-electron chi connectivity index (χ3n) is 5.07. The van der Waals surface area contributed by atoms with Crippen LogP contribution in [0.1, 0.15) is 16.7 Å². The summed E-state index contributed by atoms with van der Waals surface area (Å²) in [5, 5.41) is 11.1. The molecule has 0 bridgehead atoms. The molecular weight excluding hydrogens is 394 g/mol. The van der Waals surface area contributed by atoms with Crippen molar-refractivity contribution < 1.29 is 18.1 Å². The highest BCUT2D eigenvalue weighted by atomic mass is 32.2. The lowest BCUT2D eigenvalue weighted by Crippen LogP contribution is -2.51. The van der Waals surface area contributed by atoms with Crippen molar-refractivity contribution in [1.82, 2.24) is 9.21 Å². The second-order valence-corrected chi connectivity index (χ2v) is 9.02. The molecule has 2 aromatic rings. The molecule has 1 aliphatic heterocycles. The number of rotatable bonds is 5. The van der Waals surface area contributed by atoms with Crippen LogP contribution in [0.15, 0.2) is 47.4 Å². The lowest BCUT2D eigenvalue weighted by Gasteiger charge is -2.34. The molecular formula is C20H23N3O5S. The molecule has 1 saturated heterocycles. The molecule has 2 aromatic carbocycles. The van der Waals surface area contributed by atoms with Gasteiger partial charge in [-0.2, -0.15) is 4.31 Å². The molecule has 154 valence electrons. The van der Waals surface area contributed by atoms with E-state index in [0.29, 0.717) is 11.1 Å². The van der Waals surface area contributed by atoms with Gasteiger partial charge in [-0.3, -0.25) is 14.9 Å². The molecule has 9 heteroatoms. The quantitative estimate of drug-likeness (QED) is 0.549. The van der Waals surface area contributed by atoms with Crippen LogP contribution >= 0.6 is 0 Å². The standard InChI is InChI=1S/C20H23N3O5S/c1-15-7-8-19(16(2)13-15)29(27,28)22-11-9-21(10-12-22)20(24)14-17-5-3-4-6-18(17)23(25)26/h3-8,13H,9-12,14H2,1-2H3. The highest BCUT2D eigenvalue weighted by molar-refractivity contribution is 7.89. The Hall–Kier alpha value is -2.78. The van der Waals surface area contributed by atoms with E-state index in [-0.39, 0.29) is 49.1 Å². The predicted octanol–water partition coefficient (Wildman–Crippen LogP) is 2.29. The van der Waals surface area contributed by atoms with E-state index >= 15 is 0 Å². The Labute approximate surface area is 169 Å². The first kappa shape index (κ1) is 20.9. The second-order valence-electron chi connectivity index (χ2n) is 7.12. The average Bonchev–Trinajstić information content (AvgIpc) is 2.68. The number of benzene rings is 2. The van der Waals surface area contributed by atoms with Crippen molar-refractivity contribution in [2.75, 3.05) is 26.2 Å². The topological polar surface area (TPSA) is 101 Å². The van der Waals surface area contributed by atoms with Crippen LogP contribution in [0.3, 0.4) is 0 Å². The van der Waals surface area contributed by atoms with Gasteiger partial charge in [-0.25, -0.2) is 8.42 Å². The molecule has 0 spiro atoms. The Balaban J connectivity index is 1.67. The van der Waals surface area contributed by atoms with Crippen LogP contribution in [0.2, 0.25) is 0 Å². The molecule has 0 N–H and O–H groups in total. The Morgan fingerprint density at radius 3 is 2.34 bits per heavy atom. The fourth-order valence-electron chi connectivity index (χ4n) is 3.52. The summed E-state index contributed by atoms with van der Waals surface area (Å²) in [5.74, 6) is -0.247. The third kappa shape index (κ3) is 4.46. The van der Waals surface area contributed by atoms with E-state index < -0.39 is 14.9 Å². The number of amides is 1. The fraction of sp³-hybridized carbons (Fsp3) is 0.350. The maximum atomic E-state index is 13.0. The zero-order valence-electron chi connectivity index (χ0n) is 16.4. The second kappa shape index (κ2) is 8.30. The van der Waals surface area contributed by atoms with Gasteiger partial charge in [0.15, 0.2) is 0 Å². The molecule has 1 aliphatic rings. The molecule has 8 nitrogen and oxygen atoms in total. The predicted molar refractivity (Wildman–Crippen MR) is 108 cm³/mol. The summed E-state index contributed by atoms with van der Waals surface area (Å²) in [6.07, 6.45) is -0.0824. The summed E-state index contributed by atoms with van der Waals surface area (Å²) in [4.78, 5) is 25.1. The van der Waals surface area contributed by atoms with Gasteiger partial charge in [0.2, 0.25) is 15.9 Å². The van der Waals surface area contributed by atoms with E-state index in [4.69, 9.17) is 0 Å². The van der Waals surface area contributed by atoms with Crippen LogP contribution in [-0.4, -0.2) is 54.6 Å². The minimum absolute atomic E-state index is 0.0824. The van der Waals surface area contributed by atoms with Crippen LogP contribution in [0.4, 0.5) is 5.69 Å². The molecule has 0 aliphatic carbocycles. The highest BCUT2D eigenvalue weighted by Gasteiger charge is 2.31. The van der Waals surface area contributed by atoms with E-state index in [1.165, 1.54) is 10.4 Å². The van der Waals surface area contributed by atoms with E-state index in [1.54, 1.807) is 42.2 Å². The van der Waals surface area contributed by atoms with Crippen LogP contribution in [0, 0.1) is 24.0 Å². The van der Waals surface area contributed by atoms with Crippen molar-refractivity contribution in [2.45, 2.75) is 25.2 Å². The number of carbonyl (C=O) groups is 1. The monoisotopic (exact) mass is 417 g/mol. The van der Waals surface area contributed by atoms with Gasteiger partial charge in [-0.15, -0.1) is 0 Å². The first-order chi connectivity index (χ1) is 13.7. The van der Waals surface area contributed by atoms with Gasteiger partial charge < -0.3 is 4.90 Å². The summed E-state index contributed by atoms with van der Waals surface area (Å²) in [6, 6.07) is 11.4. The van der Waals surface area contributed by atoms with Crippen molar-refractivity contribution in [2.24, 2.45) is 0 Å². The van der Waals surface area contributed by atoms with E-state index in [0.717, 1.165) is 5.56 Å². The Morgan fingerprint density at radius 1 is 1.07 bits per heavy atom. The fourth-order valence-corrected chi connectivity index (χ4v) is 5.15. The average molecular weight is 417 g/mol. The van der Waals surface area contributed by atoms with Crippen molar-refractivity contribution >= 4 is 21.6 Å². The summed E-state index contributed by atoms with van der Waals surface area (Å²) in [6.45, 7) is 4.57. The molecule has 29 heavy (non-hydrogen) atoms. The zero-order chi connectivity index (χ0) is 21.2. The van der Waals surface area contributed by atoms with Gasteiger partial charge in [0.25, 0.3) is 5.69 Å². The first-order valence-electron chi connectivity index (χ1n) is 9.27.